The van der Waals surface area contributed by atoms with Crippen LogP contribution in [0.15, 0.2) is 24.3 Å². The number of imidazole rings is 1. The third kappa shape index (κ3) is 3.59. The van der Waals surface area contributed by atoms with Gasteiger partial charge in [0.1, 0.15) is 0 Å². The Morgan fingerprint density at radius 2 is 2.20 bits per heavy atom. The first-order chi connectivity index (χ1) is 9.74. The fourth-order valence-electron chi connectivity index (χ4n) is 2.61. The first kappa shape index (κ1) is 14.6. The second kappa shape index (κ2) is 7.08. The Balaban J connectivity index is 0.000000151. The lowest BCUT2D eigenvalue weighted by atomic mass is 10.0. The van der Waals surface area contributed by atoms with E-state index in [9.17, 15) is 0 Å². The molecule has 0 amide bonds. The van der Waals surface area contributed by atoms with Crippen molar-refractivity contribution in [2.75, 3.05) is 7.11 Å². The van der Waals surface area contributed by atoms with Gasteiger partial charge in [0.2, 0.25) is 0 Å². The zero-order valence-corrected chi connectivity index (χ0v) is 12.3. The van der Waals surface area contributed by atoms with Gasteiger partial charge in [-0.1, -0.05) is 25.5 Å². The average molecular weight is 273 g/mol. The second-order valence-corrected chi connectivity index (χ2v) is 5.17. The number of ether oxygens (including phenoxy) is 1. The van der Waals surface area contributed by atoms with Gasteiger partial charge in [0, 0.05) is 5.71 Å². The lowest BCUT2D eigenvalue weighted by molar-refractivity contribution is 0.386. The van der Waals surface area contributed by atoms with Gasteiger partial charge in [0.15, 0.2) is 0 Å². The highest BCUT2D eigenvalue weighted by molar-refractivity contribution is 5.85. The number of benzene rings is 1. The van der Waals surface area contributed by atoms with Crippen molar-refractivity contribution in [1.29, 1.82) is 5.41 Å². The monoisotopic (exact) mass is 273 g/mol. The van der Waals surface area contributed by atoms with Gasteiger partial charge >= 0.3 is 0 Å². The van der Waals surface area contributed by atoms with Crippen LogP contribution in [0.2, 0.25) is 0 Å². The number of fused-ring (bicyclic) bond motifs is 1. The molecule has 0 saturated heterocycles. The van der Waals surface area contributed by atoms with E-state index >= 15 is 0 Å². The van der Waals surface area contributed by atoms with Crippen molar-refractivity contribution in [3.63, 3.8) is 0 Å². The Morgan fingerprint density at radius 1 is 1.40 bits per heavy atom. The highest BCUT2D eigenvalue weighted by atomic mass is 16.5. The molecule has 3 rings (SSSR count). The van der Waals surface area contributed by atoms with Crippen molar-refractivity contribution in [3.05, 3.63) is 24.3 Å². The number of H-pyrrole nitrogens is 1. The molecule has 1 aliphatic rings. The second-order valence-electron chi connectivity index (χ2n) is 5.17. The largest absolute Gasteiger partial charge is 0.468 e. The SMILES string of the molecule is CCCC1CCCC1=N.COc1nc2ccccc2[nH]1. The number of hydrogen-bond acceptors (Lipinski definition) is 3. The number of nitrogens with one attached hydrogen (secondary N) is 2. The van der Waals surface area contributed by atoms with Crippen LogP contribution in [0.25, 0.3) is 11.0 Å². The zero-order valence-electron chi connectivity index (χ0n) is 12.3. The number of nitrogens with zero attached hydrogens (tertiary/aromatic N) is 1. The Hall–Kier alpha value is -1.84. The maximum Gasteiger partial charge on any atom is 0.294 e. The quantitative estimate of drug-likeness (QED) is 0.881. The van der Waals surface area contributed by atoms with Crippen LogP contribution in [-0.2, 0) is 0 Å². The number of aromatic nitrogens is 2. The van der Waals surface area contributed by atoms with Gasteiger partial charge in [-0.25, -0.2) is 0 Å². The van der Waals surface area contributed by atoms with Gasteiger partial charge < -0.3 is 15.1 Å². The maximum absolute atomic E-state index is 7.51. The number of aromatic amines is 1. The molecule has 1 aromatic carbocycles. The highest BCUT2D eigenvalue weighted by Gasteiger charge is 2.19. The Bertz CT molecular complexity index is 529. The molecule has 1 aliphatic carbocycles. The summed E-state index contributed by atoms with van der Waals surface area (Å²) in [5, 5.41) is 7.51. The fraction of sp³-hybridized carbons (Fsp3) is 0.500. The molecule has 0 bridgehead atoms. The van der Waals surface area contributed by atoms with Crippen molar-refractivity contribution in [2.45, 2.75) is 39.0 Å². The van der Waals surface area contributed by atoms with E-state index in [1.165, 1.54) is 25.7 Å². The number of para-hydroxylation sites is 2. The molecule has 4 heteroatoms. The summed E-state index contributed by atoms with van der Waals surface area (Å²) < 4.78 is 4.93. The third-order valence-corrected chi connectivity index (χ3v) is 3.69. The molecule has 1 fully saturated rings. The molecule has 1 aromatic heterocycles. The average Bonchev–Trinajstić information content (AvgIpc) is 3.06. The zero-order chi connectivity index (χ0) is 14.4. The van der Waals surface area contributed by atoms with Crippen LogP contribution >= 0.6 is 0 Å². The molecule has 108 valence electrons. The van der Waals surface area contributed by atoms with Crippen molar-refractivity contribution in [2.24, 2.45) is 5.92 Å². The van der Waals surface area contributed by atoms with E-state index < -0.39 is 0 Å². The highest BCUT2D eigenvalue weighted by Crippen LogP contribution is 2.25. The molecular weight excluding hydrogens is 250 g/mol. The van der Waals surface area contributed by atoms with E-state index in [2.05, 4.69) is 16.9 Å². The van der Waals surface area contributed by atoms with Crippen LogP contribution in [0.4, 0.5) is 0 Å². The van der Waals surface area contributed by atoms with Crippen molar-refractivity contribution in [3.8, 4) is 6.01 Å². The normalized spacial score (nSPS) is 17.9. The van der Waals surface area contributed by atoms with Crippen molar-refractivity contribution < 1.29 is 4.74 Å². The molecule has 0 radical (unpaired) electrons. The Labute approximate surface area is 120 Å². The van der Waals surface area contributed by atoms with Crippen LogP contribution in [0.1, 0.15) is 39.0 Å². The van der Waals surface area contributed by atoms with Gasteiger partial charge in [-0.05, 0) is 43.7 Å². The van der Waals surface area contributed by atoms with E-state index in [-0.39, 0.29) is 0 Å². The van der Waals surface area contributed by atoms with E-state index in [0.717, 1.165) is 23.2 Å². The van der Waals surface area contributed by atoms with Gasteiger partial charge in [-0.3, -0.25) is 0 Å². The predicted octanol–water partition coefficient (Wildman–Crippen LogP) is 4.18. The van der Waals surface area contributed by atoms with Crippen molar-refractivity contribution >= 4 is 16.7 Å². The molecule has 2 N–H and O–H groups in total. The van der Waals surface area contributed by atoms with Crippen LogP contribution in [-0.4, -0.2) is 22.8 Å². The minimum absolute atomic E-state index is 0.561. The van der Waals surface area contributed by atoms with Gasteiger partial charge in [-0.15, -0.1) is 0 Å². The number of hydrogen-bond donors (Lipinski definition) is 2. The standard InChI is InChI=1S/C8H8N2O.C8H15N/c1-11-8-9-6-4-2-3-5-7(6)10-8;1-2-4-7-5-3-6-8(7)9/h2-5H,1H3,(H,9,10);7,9H,2-6H2,1H3. The fourth-order valence-corrected chi connectivity index (χ4v) is 2.61. The van der Waals surface area contributed by atoms with Crippen LogP contribution < -0.4 is 4.74 Å². The predicted molar refractivity (Wildman–Crippen MR) is 82.6 cm³/mol. The van der Waals surface area contributed by atoms with Crippen molar-refractivity contribution in [1.82, 2.24) is 9.97 Å². The Kier molecular flexibility index (Phi) is 5.16. The van der Waals surface area contributed by atoms with Crippen LogP contribution in [0.3, 0.4) is 0 Å². The summed E-state index contributed by atoms with van der Waals surface area (Å²) in [6, 6.07) is 8.37. The van der Waals surface area contributed by atoms with Gasteiger partial charge in [0.05, 0.1) is 18.1 Å². The first-order valence-electron chi connectivity index (χ1n) is 7.30. The molecule has 1 heterocycles. The molecule has 2 aromatic rings. The number of methoxy groups -OCH3 is 1. The molecule has 1 atom stereocenters. The molecule has 0 aliphatic heterocycles. The summed E-state index contributed by atoms with van der Waals surface area (Å²) in [5.74, 6) is 0.662. The smallest absolute Gasteiger partial charge is 0.294 e. The summed E-state index contributed by atoms with van der Waals surface area (Å²) in [4.78, 5) is 7.17. The Morgan fingerprint density at radius 3 is 2.80 bits per heavy atom. The first-order valence-corrected chi connectivity index (χ1v) is 7.30. The van der Waals surface area contributed by atoms with Gasteiger partial charge in [0.25, 0.3) is 6.01 Å². The molecule has 1 unspecified atom stereocenters. The third-order valence-electron chi connectivity index (χ3n) is 3.69. The maximum atomic E-state index is 7.51. The van der Waals surface area contributed by atoms with Crippen LogP contribution in [0, 0.1) is 11.3 Å². The molecule has 1 saturated carbocycles. The summed E-state index contributed by atoms with van der Waals surface area (Å²) >= 11 is 0. The topological polar surface area (TPSA) is 61.8 Å². The summed E-state index contributed by atoms with van der Waals surface area (Å²) in [7, 11) is 1.59. The van der Waals surface area contributed by atoms with E-state index in [1.807, 2.05) is 24.3 Å². The molecule has 20 heavy (non-hydrogen) atoms. The minimum Gasteiger partial charge on any atom is -0.468 e. The lowest BCUT2D eigenvalue weighted by Crippen LogP contribution is -2.03. The van der Waals surface area contributed by atoms with Crippen LogP contribution in [0.5, 0.6) is 6.01 Å². The summed E-state index contributed by atoms with van der Waals surface area (Å²) in [6.45, 7) is 2.20. The van der Waals surface area contributed by atoms with E-state index in [0.29, 0.717) is 11.9 Å². The number of rotatable bonds is 3. The summed E-state index contributed by atoms with van der Waals surface area (Å²) in [6.07, 6.45) is 6.12. The molecule has 0 spiro atoms. The van der Waals surface area contributed by atoms with E-state index in [1.54, 1.807) is 7.11 Å². The van der Waals surface area contributed by atoms with E-state index in [4.69, 9.17) is 10.1 Å². The minimum atomic E-state index is 0.561. The summed E-state index contributed by atoms with van der Waals surface area (Å²) in [5.41, 5.74) is 2.95. The molecule has 4 nitrogen and oxygen atoms in total. The lowest BCUT2D eigenvalue weighted by Gasteiger charge is -2.05. The van der Waals surface area contributed by atoms with Gasteiger partial charge in [-0.2, -0.15) is 4.98 Å². The molecular formula is C16H23N3O.